The van der Waals surface area contributed by atoms with Gasteiger partial charge in [-0.25, -0.2) is 9.69 Å². The van der Waals surface area contributed by atoms with Crippen molar-refractivity contribution in [2.45, 2.75) is 43.7 Å². The number of carbonyl (C=O) groups is 1. The molecule has 3 rings (SSSR count). The lowest BCUT2D eigenvalue weighted by Gasteiger charge is -2.37. The quantitative estimate of drug-likeness (QED) is 0.309. The zero-order valence-electron chi connectivity index (χ0n) is 18.5. The molecule has 1 amide bonds. The second-order valence-corrected chi connectivity index (χ2v) is 10.3. The molecule has 1 aromatic heterocycles. The second kappa shape index (κ2) is 11.3. The SMILES string of the molecule is CCCC[S+]([O-])c1nnc([N+]2([O-])CN(C)CC2OC(=O)Nc2cccc(OCCC)c2)s1. The maximum Gasteiger partial charge on any atom is 0.416 e. The highest BCUT2D eigenvalue weighted by Gasteiger charge is 2.46. The molecule has 12 heteroatoms. The molecule has 1 fully saturated rings. The predicted molar refractivity (Wildman–Crippen MR) is 125 cm³/mol. The predicted octanol–water partition coefficient (Wildman–Crippen LogP) is 3.52. The van der Waals surface area contributed by atoms with Crippen molar-refractivity contribution in [2.24, 2.45) is 0 Å². The first-order valence-corrected chi connectivity index (χ1v) is 12.7. The summed E-state index contributed by atoms with van der Waals surface area (Å²) in [6, 6.07) is 6.97. The van der Waals surface area contributed by atoms with Crippen LogP contribution >= 0.6 is 11.3 Å². The van der Waals surface area contributed by atoms with E-state index in [-0.39, 0.29) is 18.3 Å². The Balaban J connectivity index is 1.68. The highest BCUT2D eigenvalue weighted by molar-refractivity contribution is 7.93. The van der Waals surface area contributed by atoms with E-state index in [4.69, 9.17) is 9.47 Å². The van der Waals surface area contributed by atoms with E-state index in [1.54, 1.807) is 36.2 Å². The lowest BCUT2D eigenvalue weighted by atomic mass is 10.3. The standard InChI is InChI=1S/C20H29N5O5S2/c1-4-6-11-32(28)20-23-22-18(31-20)25(27)14-24(3)13-17(25)30-19(26)21-15-8-7-9-16(12-15)29-10-5-2/h7-9,12,17H,4-6,10-11,13-14H2,1-3H3,(H,21,26). The summed E-state index contributed by atoms with van der Waals surface area (Å²) < 4.78 is 22.8. The average Bonchev–Trinajstić information content (AvgIpc) is 3.36. The van der Waals surface area contributed by atoms with Gasteiger partial charge in [-0.2, -0.15) is 0 Å². The van der Waals surface area contributed by atoms with Gasteiger partial charge in [-0.15, -0.1) is 0 Å². The third kappa shape index (κ3) is 6.09. The van der Waals surface area contributed by atoms with E-state index in [0.717, 1.165) is 30.6 Å². The molecule has 176 valence electrons. The number of ether oxygens (including phenoxy) is 2. The Labute approximate surface area is 194 Å². The van der Waals surface area contributed by atoms with Gasteiger partial charge in [-0.1, -0.05) is 36.5 Å². The molecule has 0 radical (unpaired) electrons. The van der Waals surface area contributed by atoms with Crippen LogP contribution in [0.3, 0.4) is 0 Å². The highest BCUT2D eigenvalue weighted by Crippen LogP contribution is 2.35. The average molecular weight is 484 g/mol. The normalized spacial score (nSPS) is 22.0. The summed E-state index contributed by atoms with van der Waals surface area (Å²) in [7, 11) is 1.77. The van der Waals surface area contributed by atoms with Gasteiger partial charge in [0.1, 0.15) is 18.2 Å². The minimum atomic E-state index is -1.29. The molecule has 0 spiro atoms. The lowest BCUT2D eigenvalue weighted by Crippen LogP contribution is -2.51. The number of hydrogen-bond acceptors (Lipinski definition) is 9. The van der Waals surface area contributed by atoms with Gasteiger partial charge in [0.25, 0.3) is 6.23 Å². The molecule has 0 aliphatic carbocycles. The monoisotopic (exact) mass is 483 g/mol. The number of nitrogens with one attached hydrogen (secondary N) is 1. The van der Waals surface area contributed by atoms with Crippen molar-refractivity contribution in [3.05, 3.63) is 29.5 Å². The number of amides is 1. The molecule has 3 unspecified atom stereocenters. The van der Waals surface area contributed by atoms with Crippen molar-refractivity contribution < 1.29 is 18.8 Å². The van der Waals surface area contributed by atoms with Crippen LogP contribution in [-0.4, -0.2) is 64.6 Å². The van der Waals surface area contributed by atoms with E-state index < -0.39 is 28.1 Å². The Morgan fingerprint density at radius 1 is 1.38 bits per heavy atom. The summed E-state index contributed by atoms with van der Waals surface area (Å²) in [4.78, 5) is 14.3. The summed E-state index contributed by atoms with van der Waals surface area (Å²) in [6.45, 7) is 4.89. The zero-order valence-corrected chi connectivity index (χ0v) is 20.1. The zero-order chi connectivity index (χ0) is 23.1. The maximum atomic E-state index is 13.6. The molecule has 0 bridgehead atoms. The van der Waals surface area contributed by atoms with Crippen molar-refractivity contribution in [1.29, 1.82) is 0 Å². The van der Waals surface area contributed by atoms with E-state index in [2.05, 4.69) is 15.5 Å². The number of hydrogen-bond donors (Lipinski definition) is 1. The number of rotatable bonds is 10. The first-order valence-electron chi connectivity index (χ1n) is 10.6. The first-order chi connectivity index (χ1) is 15.4. The minimum absolute atomic E-state index is 0.0501. The highest BCUT2D eigenvalue weighted by atomic mass is 32.2. The number of aromatic nitrogens is 2. The summed E-state index contributed by atoms with van der Waals surface area (Å²) in [5.41, 5.74) is 0.503. The van der Waals surface area contributed by atoms with Gasteiger partial charge in [0.2, 0.25) is 0 Å². The Kier molecular flexibility index (Phi) is 8.68. The van der Waals surface area contributed by atoms with Gasteiger partial charge in [0.15, 0.2) is 0 Å². The van der Waals surface area contributed by atoms with E-state index in [1.165, 1.54) is 0 Å². The minimum Gasteiger partial charge on any atom is -0.622 e. The number of quaternary nitrogens is 1. The van der Waals surface area contributed by atoms with Crippen LogP contribution in [0.25, 0.3) is 0 Å². The van der Waals surface area contributed by atoms with Gasteiger partial charge in [0.05, 0.1) is 13.2 Å². The van der Waals surface area contributed by atoms with Crippen LogP contribution in [-0.2, 0) is 15.9 Å². The van der Waals surface area contributed by atoms with Crippen LogP contribution in [0.15, 0.2) is 28.6 Å². The number of hydroxylamine groups is 2. The van der Waals surface area contributed by atoms with Crippen molar-refractivity contribution in [2.75, 3.05) is 37.9 Å². The number of likely N-dealkylation sites (N-methyl/N-ethyl adjacent to an activating group) is 1. The molecular formula is C20H29N5O5S2. The lowest BCUT2D eigenvalue weighted by molar-refractivity contribution is 0.0553. The molecule has 10 nitrogen and oxygen atoms in total. The van der Waals surface area contributed by atoms with Crippen molar-refractivity contribution in [3.8, 4) is 5.75 Å². The molecule has 1 saturated heterocycles. The Morgan fingerprint density at radius 2 is 2.19 bits per heavy atom. The molecular weight excluding hydrogens is 454 g/mol. The van der Waals surface area contributed by atoms with Gasteiger partial charge in [-0.3, -0.25) is 9.96 Å². The summed E-state index contributed by atoms with van der Waals surface area (Å²) in [6.07, 6.45) is 0.829. The van der Waals surface area contributed by atoms with E-state index in [9.17, 15) is 14.6 Å². The topological polar surface area (TPSA) is 123 Å². The number of anilines is 1. The Morgan fingerprint density at radius 3 is 2.94 bits per heavy atom. The van der Waals surface area contributed by atoms with Crippen molar-refractivity contribution in [1.82, 2.24) is 19.7 Å². The second-order valence-electron chi connectivity index (χ2n) is 7.59. The van der Waals surface area contributed by atoms with Gasteiger partial charge < -0.3 is 19.2 Å². The van der Waals surface area contributed by atoms with E-state index >= 15 is 0 Å². The molecule has 0 saturated carbocycles. The molecule has 2 aromatic rings. The third-order valence-electron chi connectivity index (χ3n) is 4.78. The largest absolute Gasteiger partial charge is 0.622 e. The maximum absolute atomic E-state index is 13.6. The number of benzene rings is 1. The van der Waals surface area contributed by atoms with Crippen molar-refractivity contribution >= 4 is 39.4 Å². The molecule has 1 aliphatic heterocycles. The van der Waals surface area contributed by atoms with Crippen LogP contribution in [0.4, 0.5) is 15.6 Å². The Bertz CT molecular complexity index is 901. The smallest absolute Gasteiger partial charge is 0.416 e. The van der Waals surface area contributed by atoms with Crippen LogP contribution in [0.2, 0.25) is 0 Å². The fourth-order valence-electron chi connectivity index (χ4n) is 3.18. The molecule has 32 heavy (non-hydrogen) atoms. The van der Waals surface area contributed by atoms with Gasteiger partial charge >= 0.3 is 15.6 Å². The number of carbonyl (C=O) groups excluding carboxylic acids is 1. The fraction of sp³-hybridized carbons (Fsp3) is 0.550. The Hall–Kier alpha value is -1.96. The fourth-order valence-corrected chi connectivity index (χ4v) is 5.53. The van der Waals surface area contributed by atoms with Crippen LogP contribution in [0.1, 0.15) is 33.1 Å². The van der Waals surface area contributed by atoms with Gasteiger partial charge in [-0.05, 0) is 32.0 Å². The van der Waals surface area contributed by atoms with E-state index in [0.29, 0.717) is 28.1 Å². The first kappa shape index (κ1) is 24.7. The molecule has 2 heterocycles. The van der Waals surface area contributed by atoms with Crippen LogP contribution in [0, 0.1) is 5.21 Å². The molecule has 3 atom stereocenters. The van der Waals surface area contributed by atoms with E-state index in [1.807, 2.05) is 13.8 Å². The molecule has 1 N–H and O–H groups in total. The molecule has 1 aromatic carbocycles. The van der Waals surface area contributed by atoms with Crippen molar-refractivity contribution in [3.63, 3.8) is 0 Å². The molecule has 1 aliphatic rings. The van der Waals surface area contributed by atoms with Crippen LogP contribution in [0.5, 0.6) is 5.75 Å². The van der Waals surface area contributed by atoms with Gasteiger partial charge in [0, 0.05) is 34.3 Å². The number of nitrogens with zero attached hydrogens (tertiary/aromatic N) is 4. The summed E-state index contributed by atoms with van der Waals surface area (Å²) in [5, 5.41) is 24.4. The summed E-state index contributed by atoms with van der Waals surface area (Å²) >= 11 is -0.276. The van der Waals surface area contributed by atoms with Crippen LogP contribution < -0.4 is 14.7 Å². The number of unbranched alkanes of at least 4 members (excludes halogenated alkanes) is 1. The summed E-state index contributed by atoms with van der Waals surface area (Å²) in [5.74, 6) is 1.12. The third-order valence-corrected chi connectivity index (χ3v) is 7.55.